The molecule has 2 aliphatic heterocycles. The SMILES string of the molecule is CC(=O)N1CC[C@@H](Oc2cccc3[nH]c(O)c(/C=c4/ccc5c(c4)N=CN=5)c23)C1. The van der Waals surface area contributed by atoms with Crippen molar-refractivity contribution in [1.82, 2.24) is 9.88 Å². The number of nitrogens with zero attached hydrogens (tertiary/aromatic N) is 3. The second-order valence-electron chi connectivity index (χ2n) is 7.33. The molecule has 2 aromatic carbocycles. The summed E-state index contributed by atoms with van der Waals surface area (Å²) >= 11 is 0. The number of likely N-dealkylation sites (tertiary alicyclic amines) is 1. The molecule has 0 saturated carbocycles. The van der Waals surface area contributed by atoms with Gasteiger partial charge in [0.15, 0.2) is 5.88 Å². The molecule has 3 heterocycles. The number of amides is 1. The summed E-state index contributed by atoms with van der Waals surface area (Å²) in [6.07, 6.45) is 4.17. The van der Waals surface area contributed by atoms with Crippen LogP contribution in [0.1, 0.15) is 18.9 Å². The van der Waals surface area contributed by atoms with Crippen LogP contribution < -0.4 is 15.3 Å². The molecule has 0 bridgehead atoms. The molecule has 2 N–H and O–H groups in total. The van der Waals surface area contributed by atoms with Crippen LogP contribution in [0.15, 0.2) is 46.4 Å². The van der Waals surface area contributed by atoms with Gasteiger partial charge >= 0.3 is 0 Å². The molecule has 1 saturated heterocycles. The largest absolute Gasteiger partial charge is 0.494 e. The molecule has 1 atom stereocenters. The maximum Gasteiger partial charge on any atom is 0.219 e. The minimum Gasteiger partial charge on any atom is -0.494 e. The van der Waals surface area contributed by atoms with Gasteiger partial charge in [-0.3, -0.25) is 4.79 Å². The zero-order chi connectivity index (χ0) is 20.0. The topological polar surface area (TPSA) is 90.3 Å². The van der Waals surface area contributed by atoms with E-state index in [1.165, 1.54) is 6.34 Å². The van der Waals surface area contributed by atoms with Gasteiger partial charge in [-0.05, 0) is 35.6 Å². The van der Waals surface area contributed by atoms with Crippen molar-refractivity contribution < 1.29 is 14.6 Å². The Hall–Kier alpha value is -3.61. The summed E-state index contributed by atoms with van der Waals surface area (Å²) in [5.74, 6) is 0.838. The number of aliphatic imine (C=N–C) groups is 1. The van der Waals surface area contributed by atoms with E-state index in [9.17, 15) is 9.90 Å². The van der Waals surface area contributed by atoms with Crippen molar-refractivity contribution in [2.24, 2.45) is 9.98 Å². The van der Waals surface area contributed by atoms with Crippen molar-refractivity contribution in [3.63, 3.8) is 0 Å². The monoisotopic (exact) mass is 388 g/mol. The van der Waals surface area contributed by atoms with Crippen LogP contribution in [-0.2, 0) is 4.79 Å². The van der Waals surface area contributed by atoms with Crippen LogP contribution in [0.3, 0.4) is 0 Å². The van der Waals surface area contributed by atoms with Gasteiger partial charge in [0.25, 0.3) is 0 Å². The van der Waals surface area contributed by atoms with Crippen LogP contribution in [0.25, 0.3) is 17.0 Å². The van der Waals surface area contributed by atoms with Crippen LogP contribution in [0.4, 0.5) is 5.69 Å². The smallest absolute Gasteiger partial charge is 0.219 e. The highest BCUT2D eigenvalue weighted by molar-refractivity contribution is 5.96. The summed E-state index contributed by atoms with van der Waals surface area (Å²) in [6, 6.07) is 11.5. The van der Waals surface area contributed by atoms with Gasteiger partial charge in [0, 0.05) is 25.5 Å². The van der Waals surface area contributed by atoms with E-state index in [0.717, 1.165) is 33.6 Å². The van der Waals surface area contributed by atoms with E-state index >= 15 is 0 Å². The first-order chi connectivity index (χ1) is 14.1. The van der Waals surface area contributed by atoms with E-state index < -0.39 is 0 Å². The molecule has 7 nitrogen and oxygen atoms in total. The number of fused-ring (bicyclic) bond motifs is 2. The first kappa shape index (κ1) is 17.5. The summed E-state index contributed by atoms with van der Waals surface area (Å²) in [5, 5.41) is 13.1. The Kier molecular flexibility index (Phi) is 4.08. The number of aromatic hydroxyl groups is 1. The van der Waals surface area contributed by atoms with E-state index in [1.54, 1.807) is 11.8 Å². The van der Waals surface area contributed by atoms with Crippen molar-refractivity contribution in [2.45, 2.75) is 19.4 Å². The maximum absolute atomic E-state index is 11.6. The lowest BCUT2D eigenvalue weighted by Crippen LogP contribution is -2.28. The van der Waals surface area contributed by atoms with Gasteiger partial charge in [0.05, 0.1) is 28.5 Å². The summed E-state index contributed by atoms with van der Waals surface area (Å²) in [5.41, 5.74) is 2.27. The highest BCUT2D eigenvalue weighted by Crippen LogP contribution is 2.36. The minimum absolute atomic E-state index is 0.0635. The Balaban J connectivity index is 1.56. The predicted molar refractivity (Wildman–Crippen MR) is 110 cm³/mol. The number of aromatic amines is 1. The number of carbonyl (C=O) groups excluding carboxylic acids is 1. The maximum atomic E-state index is 11.6. The number of hydrogen-bond donors (Lipinski definition) is 2. The summed E-state index contributed by atoms with van der Waals surface area (Å²) in [4.78, 5) is 24.9. The normalized spacial score (nSPS) is 18.3. The van der Waals surface area contributed by atoms with Crippen molar-refractivity contribution in [3.05, 3.63) is 52.5 Å². The van der Waals surface area contributed by atoms with Gasteiger partial charge in [-0.2, -0.15) is 0 Å². The Labute approximate surface area is 166 Å². The molecule has 146 valence electrons. The Morgan fingerprint density at radius 2 is 2.24 bits per heavy atom. The van der Waals surface area contributed by atoms with Crippen LogP contribution in [0.5, 0.6) is 11.6 Å². The zero-order valence-electron chi connectivity index (χ0n) is 15.9. The van der Waals surface area contributed by atoms with Gasteiger partial charge in [0.2, 0.25) is 5.91 Å². The lowest BCUT2D eigenvalue weighted by Gasteiger charge is -2.16. The molecule has 0 radical (unpaired) electrons. The fourth-order valence-corrected chi connectivity index (χ4v) is 3.92. The van der Waals surface area contributed by atoms with Crippen molar-refractivity contribution >= 4 is 34.9 Å². The number of carbonyl (C=O) groups is 1. The number of nitrogens with one attached hydrogen (secondary N) is 1. The van der Waals surface area contributed by atoms with Crippen molar-refractivity contribution in [3.8, 4) is 11.6 Å². The minimum atomic E-state index is -0.0645. The Morgan fingerprint density at radius 1 is 1.34 bits per heavy atom. The van der Waals surface area contributed by atoms with Gasteiger partial charge < -0.3 is 19.7 Å². The number of H-pyrrole nitrogens is 1. The van der Waals surface area contributed by atoms with Crippen LogP contribution >= 0.6 is 0 Å². The van der Waals surface area contributed by atoms with E-state index in [0.29, 0.717) is 24.4 Å². The third-order valence-corrected chi connectivity index (χ3v) is 5.39. The summed E-state index contributed by atoms with van der Waals surface area (Å²) < 4.78 is 6.25. The van der Waals surface area contributed by atoms with E-state index in [-0.39, 0.29) is 17.9 Å². The Bertz CT molecular complexity index is 1280. The number of ether oxygens (including phenoxy) is 1. The quantitative estimate of drug-likeness (QED) is 0.719. The second kappa shape index (κ2) is 6.77. The molecule has 0 unspecified atom stereocenters. The summed E-state index contributed by atoms with van der Waals surface area (Å²) in [6.45, 7) is 2.86. The first-order valence-corrected chi connectivity index (χ1v) is 9.56. The van der Waals surface area contributed by atoms with Crippen LogP contribution in [0.2, 0.25) is 0 Å². The molecule has 1 aromatic heterocycles. The van der Waals surface area contributed by atoms with E-state index in [4.69, 9.17) is 4.74 Å². The number of rotatable bonds is 3. The van der Waals surface area contributed by atoms with Gasteiger partial charge in [-0.15, -0.1) is 0 Å². The molecule has 7 heteroatoms. The van der Waals surface area contributed by atoms with E-state index in [1.807, 2.05) is 42.5 Å². The van der Waals surface area contributed by atoms with Crippen molar-refractivity contribution in [1.29, 1.82) is 0 Å². The van der Waals surface area contributed by atoms with Gasteiger partial charge in [0.1, 0.15) is 18.2 Å². The Morgan fingerprint density at radius 3 is 3.07 bits per heavy atom. The fraction of sp³-hybridized carbons (Fsp3) is 0.227. The molecule has 2 aliphatic rings. The number of benzene rings is 2. The van der Waals surface area contributed by atoms with Crippen LogP contribution in [0, 0.1) is 0 Å². The molecule has 0 spiro atoms. The molecule has 29 heavy (non-hydrogen) atoms. The molecule has 5 rings (SSSR count). The number of aromatic nitrogens is 1. The first-order valence-electron chi connectivity index (χ1n) is 9.56. The molecule has 0 aliphatic carbocycles. The average Bonchev–Trinajstić information content (AvgIpc) is 3.41. The van der Waals surface area contributed by atoms with Crippen LogP contribution in [-0.4, -0.2) is 46.4 Å². The highest BCUT2D eigenvalue weighted by atomic mass is 16.5. The molecule has 1 amide bonds. The second-order valence-corrected chi connectivity index (χ2v) is 7.33. The third kappa shape index (κ3) is 3.14. The average molecular weight is 388 g/mol. The molecular formula is C22H20N4O3. The lowest BCUT2D eigenvalue weighted by atomic mass is 10.1. The van der Waals surface area contributed by atoms with Gasteiger partial charge in [-0.1, -0.05) is 12.1 Å². The predicted octanol–water partition coefficient (Wildman–Crippen LogP) is 1.99. The summed E-state index contributed by atoms with van der Waals surface area (Å²) in [7, 11) is 0. The lowest BCUT2D eigenvalue weighted by molar-refractivity contribution is -0.128. The fourth-order valence-electron chi connectivity index (χ4n) is 3.92. The van der Waals surface area contributed by atoms with Gasteiger partial charge in [-0.25, -0.2) is 9.98 Å². The highest BCUT2D eigenvalue weighted by Gasteiger charge is 2.26. The van der Waals surface area contributed by atoms with E-state index in [2.05, 4.69) is 15.0 Å². The van der Waals surface area contributed by atoms with Crippen molar-refractivity contribution in [2.75, 3.05) is 13.1 Å². The number of hydrogen-bond acceptors (Lipinski definition) is 5. The molecule has 3 aromatic rings. The standard InChI is InChI=1S/C22H20N4O3/c1-13(27)26-8-7-15(11-26)29-20-4-2-3-18-21(20)16(22(28)25-18)9-14-5-6-17-19(10-14)24-12-23-17/h2-6,9-10,12,15,25,28H,7-8,11H2,1H3/b14-9-/t15-/m1/s1. The molecule has 1 fully saturated rings. The molecular weight excluding hydrogens is 368 g/mol. The zero-order valence-corrected chi connectivity index (χ0v) is 15.9. The third-order valence-electron chi connectivity index (χ3n) is 5.39.